The van der Waals surface area contributed by atoms with Crippen LogP contribution in [0.1, 0.15) is 66.7 Å². The number of esters is 1. The predicted octanol–water partition coefficient (Wildman–Crippen LogP) is 3.95. The van der Waals surface area contributed by atoms with Crippen LogP contribution in [0.15, 0.2) is 0 Å². The van der Waals surface area contributed by atoms with Crippen molar-refractivity contribution in [2.45, 2.75) is 72.3 Å². The van der Waals surface area contributed by atoms with Crippen LogP contribution in [-0.2, 0) is 14.3 Å². The first-order valence-corrected chi connectivity index (χ1v) is 7.17. The normalized spacial score (nSPS) is 11.9. The minimum atomic E-state index is -0.237. The van der Waals surface area contributed by atoms with Crippen molar-refractivity contribution in [2.24, 2.45) is 5.92 Å². The van der Waals surface area contributed by atoms with Gasteiger partial charge in [0.25, 0.3) is 0 Å². The summed E-state index contributed by atoms with van der Waals surface area (Å²) in [5, 5.41) is 0. The standard InChI is InChI=1S/C15H30O3/c1-6-7-11-17-14(16)8-10-15(4,5)18-12-9-13(2)3/h13H,6-12H2,1-5H3. The minimum absolute atomic E-state index is 0.107. The Labute approximate surface area is 112 Å². The summed E-state index contributed by atoms with van der Waals surface area (Å²) < 4.78 is 10.9. The molecular formula is C15H30O3. The van der Waals surface area contributed by atoms with Crippen LogP contribution in [-0.4, -0.2) is 24.8 Å². The van der Waals surface area contributed by atoms with Gasteiger partial charge in [-0.1, -0.05) is 27.2 Å². The van der Waals surface area contributed by atoms with Crippen molar-refractivity contribution in [3.8, 4) is 0 Å². The number of hydrogen-bond donors (Lipinski definition) is 0. The van der Waals surface area contributed by atoms with Crippen molar-refractivity contribution in [2.75, 3.05) is 13.2 Å². The van der Waals surface area contributed by atoms with Crippen molar-refractivity contribution >= 4 is 5.97 Å². The molecule has 0 heterocycles. The van der Waals surface area contributed by atoms with E-state index in [9.17, 15) is 4.79 Å². The fourth-order valence-electron chi connectivity index (χ4n) is 1.45. The molecule has 0 aliphatic heterocycles. The maximum atomic E-state index is 11.5. The first-order valence-electron chi connectivity index (χ1n) is 7.17. The van der Waals surface area contributed by atoms with E-state index in [1.54, 1.807) is 0 Å². The Kier molecular flexibility index (Phi) is 9.08. The smallest absolute Gasteiger partial charge is 0.305 e. The summed E-state index contributed by atoms with van der Waals surface area (Å²) in [4.78, 5) is 11.5. The Hall–Kier alpha value is -0.570. The minimum Gasteiger partial charge on any atom is -0.466 e. The molecule has 0 atom stereocenters. The first-order chi connectivity index (χ1) is 8.37. The number of ether oxygens (including phenoxy) is 2. The van der Waals surface area contributed by atoms with E-state index in [2.05, 4.69) is 20.8 Å². The summed E-state index contributed by atoms with van der Waals surface area (Å²) >= 11 is 0. The lowest BCUT2D eigenvalue weighted by atomic mass is 10.0. The molecule has 0 saturated heterocycles. The van der Waals surface area contributed by atoms with E-state index < -0.39 is 0 Å². The summed E-state index contributed by atoms with van der Waals surface area (Å²) in [6, 6.07) is 0. The van der Waals surface area contributed by atoms with Crippen LogP contribution < -0.4 is 0 Å². The second kappa shape index (κ2) is 9.37. The quantitative estimate of drug-likeness (QED) is 0.439. The molecule has 18 heavy (non-hydrogen) atoms. The highest BCUT2D eigenvalue weighted by Crippen LogP contribution is 2.18. The maximum Gasteiger partial charge on any atom is 0.305 e. The Morgan fingerprint density at radius 2 is 1.89 bits per heavy atom. The molecule has 3 nitrogen and oxygen atoms in total. The van der Waals surface area contributed by atoms with Gasteiger partial charge in [-0.05, 0) is 39.0 Å². The van der Waals surface area contributed by atoms with Gasteiger partial charge >= 0.3 is 5.97 Å². The summed E-state index contributed by atoms with van der Waals surface area (Å²) in [5.74, 6) is 0.545. The van der Waals surface area contributed by atoms with Gasteiger partial charge in [0.15, 0.2) is 0 Å². The van der Waals surface area contributed by atoms with Crippen molar-refractivity contribution in [1.82, 2.24) is 0 Å². The Balaban J connectivity index is 3.70. The van der Waals surface area contributed by atoms with E-state index in [1.165, 1.54) is 0 Å². The van der Waals surface area contributed by atoms with Crippen LogP contribution in [0.25, 0.3) is 0 Å². The summed E-state index contributed by atoms with van der Waals surface area (Å²) in [6.07, 6.45) is 4.22. The molecular weight excluding hydrogens is 228 g/mol. The second-order valence-electron chi connectivity index (χ2n) is 5.86. The molecule has 0 fully saturated rings. The molecule has 0 amide bonds. The third-order valence-electron chi connectivity index (χ3n) is 2.88. The van der Waals surface area contributed by atoms with Gasteiger partial charge in [0.05, 0.1) is 12.2 Å². The van der Waals surface area contributed by atoms with E-state index in [0.717, 1.165) is 32.3 Å². The predicted molar refractivity (Wildman–Crippen MR) is 74.6 cm³/mol. The van der Waals surface area contributed by atoms with Gasteiger partial charge in [0, 0.05) is 13.0 Å². The van der Waals surface area contributed by atoms with Gasteiger partial charge in [0.1, 0.15) is 0 Å². The monoisotopic (exact) mass is 258 g/mol. The molecule has 0 bridgehead atoms. The Morgan fingerprint density at radius 1 is 1.22 bits per heavy atom. The summed E-state index contributed by atoms with van der Waals surface area (Å²) in [5.41, 5.74) is -0.237. The molecule has 0 radical (unpaired) electrons. The highest BCUT2D eigenvalue weighted by atomic mass is 16.5. The van der Waals surface area contributed by atoms with Gasteiger partial charge in [-0.2, -0.15) is 0 Å². The summed E-state index contributed by atoms with van der Waals surface area (Å²) in [6.45, 7) is 11.8. The van der Waals surface area contributed by atoms with Gasteiger partial charge in [-0.25, -0.2) is 0 Å². The van der Waals surface area contributed by atoms with Gasteiger partial charge in [0.2, 0.25) is 0 Å². The molecule has 0 aliphatic carbocycles. The number of unbranched alkanes of at least 4 members (excludes halogenated alkanes) is 1. The second-order valence-corrected chi connectivity index (χ2v) is 5.86. The SMILES string of the molecule is CCCCOC(=O)CCC(C)(C)OCCC(C)C. The molecule has 0 aromatic rings. The zero-order valence-electron chi connectivity index (χ0n) is 12.8. The molecule has 108 valence electrons. The lowest BCUT2D eigenvalue weighted by Gasteiger charge is -2.25. The number of hydrogen-bond acceptors (Lipinski definition) is 3. The van der Waals surface area contributed by atoms with Gasteiger partial charge in [-0.15, -0.1) is 0 Å². The molecule has 0 aromatic heterocycles. The van der Waals surface area contributed by atoms with E-state index in [4.69, 9.17) is 9.47 Å². The van der Waals surface area contributed by atoms with Crippen LogP contribution >= 0.6 is 0 Å². The van der Waals surface area contributed by atoms with E-state index in [0.29, 0.717) is 18.9 Å². The topological polar surface area (TPSA) is 35.5 Å². The third-order valence-corrected chi connectivity index (χ3v) is 2.88. The molecule has 0 N–H and O–H groups in total. The molecule has 0 aromatic carbocycles. The van der Waals surface area contributed by atoms with Crippen molar-refractivity contribution in [3.05, 3.63) is 0 Å². The van der Waals surface area contributed by atoms with Crippen LogP contribution in [0, 0.1) is 5.92 Å². The number of carbonyl (C=O) groups is 1. The van der Waals surface area contributed by atoms with Crippen LogP contribution in [0.4, 0.5) is 0 Å². The summed E-state index contributed by atoms with van der Waals surface area (Å²) in [7, 11) is 0. The molecule has 0 rings (SSSR count). The van der Waals surface area contributed by atoms with Crippen LogP contribution in [0.5, 0.6) is 0 Å². The van der Waals surface area contributed by atoms with Crippen molar-refractivity contribution < 1.29 is 14.3 Å². The van der Waals surface area contributed by atoms with Crippen LogP contribution in [0.2, 0.25) is 0 Å². The van der Waals surface area contributed by atoms with E-state index in [-0.39, 0.29) is 11.6 Å². The lowest BCUT2D eigenvalue weighted by molar-refractivity contribution is -0.145. The lowest BCUT2D eigenvalue weighted by Crippen LogP contribution is -2.26. The molecule has 0 saturated carbocycles. The number of carbonyl (C=O) groups excluding carboxylic acids is 1. The fourth-order valence-corrected chi connectivity index (χ4v) is 1.45. The van der Waals surface area contributed by atoms with Crippen molar-refractivity contribution in [3.63, 3.8) is 0 Å². The van der Waals surface area contributed by atoms with Crippen molar-refractivity contribution in [1.29, 1.82) is 0 Å². The van der Waals surface area contributed by atoms with Crippen LogP contribution in [0.3, 0.4) is 0 Å². The molecule has 0 unspecified atom stereocenters. The molecule has 0 spiro atoms. The van der Waals surface area contributed by atoms with Gasteiger partial charge in [-0.3, -0.25) is 4.79 Å². The highest BCUT2D eigenvalue weighted by Gasteiger charge is 2.20. The largest absolute Gasteiger partial charge is 0.466 e. The Morgan fingerprint density at radius 3 is 2.44 bits per heavy atom. The fraction of sp³-hybridized carbons (Fsp3) is 0.933. The zero-order valence-corrected chi connectivity index (χ0v) is 12.8. The van der Waals surface area contributed by atoms with E-state index in [1.807, 2.05) is 13.8 Å². The molecule has 3 heteroatoms. The maximum absolute atomic E-state index is 11.5. The average Bonchev–Trinajstić information content (AvgIpc) is 2.26. The molecule has 0 aliphatic rings. The van der Waals surface area contributed by atoms with Gasteiger partial charge < -0.3 is 9.47 Å². The average molecular weight is 258 g/mol. The zero-order chi connectivity index (χ0) is 14.0. The first kappa shape index (κ1) is 17.4. The van der Waals surface area contributed by atoms with E-state index >= 15 is 0 Å². The highest BCUT2D eigenvalue weighted by molar-refractivity contribution is 5.69. The third kappa shape index (κ3) is 10.6. The number of rotatable bonds is 10. The Bertz CT molecular complexity index is 222.